The molecule has 1 fully saturated rings. The quantitative estimate of drug-likeness (QED) is 0.755. The van der Waals surface area contributed by atoms with E-state index >= 15 is 0 Å². The van der Waals surface area contributed by atoms with Crippen LogP contribution in [0.2, 0.25) is 0 Å². The van der Waals surface area contributed by atoms with Gasteiger partial charge in [0.15, 0.2) is 0 Å². The molecule has 0 spiro atoms. The number of amides is 2. The second-order valence-electron chi connectivity index (χ2n) is 6.93. The summed E-state index contributed by atoms with van der Waals surface area (Å²) in [5.41, 5.74) is 0.872. The number of sulfonamides is 1. The molecular formula is C21H27N3O3S. The molecule has 1 aliphatic rings. The van der Waals surface area contributed by atoms with Crippen LogP contribution in [0.15, 0.2) is 59.5 Å². The number of rotatable bonds is 6. The Labute approximate surface area is 167 Å². The van der Waals surface area contributed by atoms with Crippen molar-refractivity contribution in [3.05, 3.63) is 54.6 Å². The van der Waals surface area contributed by atoms with E-state index in [1.807, 2.05) is 6.07 Å². The maximum Gasteiger partial charge on any atom is 0.319 e. The molecule has 6 nitrogen and oxygen atoms in total. The Morgan fingerprint density at radius 2 is 1.64 bits per heavy atom. The van der Waals surface area contributed by atoms with Crippen molar-refractivity contribution in [1.82, 2.24) is 5.32 Å². The lowest BCUT2D eigenvalue weighted by Crippen LogP contribution is -2.39. The van der Waals surface area contributed by atoms with E-state index in [1.54, 1.807) is 49.4 Å². The van der Waals surface area contributed by atoms with Crippen LogP contribution in [0.1, 0.15) is 39.0 Å². The van der Waals surface area contributed by atoms with E-state index in [0.717, 1.165) is 25.7 Å². The smallest absolute Gasteiger partial charge is 0.319 e. The standard InChI is InChI=1S/C21H27N3O3S/c1-2-24(18-13-7-4-8-14-18)28(26,27)20-16-10-9-15-19(20)23-21(25)22-17-11-5-3-6-12-17/h4,7-10,13-17H,2-3,5-6,11-12H2,1H3,(H2,22,23,25). The van der Waals surface area contributed by atoms with Crippen LogP contribution in [0.4, 0.5) is 16.2 Å². The van der Waals surface area contributed by atoms with Gasteiger partial charge in [0.25, 0.3) is 10.0 Å². The number of para-hydroxylation sites is 2. The molecule has 0 saturated heterocycles. The molecule has 3 rings (SSSR count). The van der Waals surface area contributed by atoms with E-state index in [1.165, 1.54) is 16.8 Å². The third kappa shape index (κ3) is 4.65. The normalized spacial score (nSPS) is 15.0. The first kappa shape index (κ1) is 20.2. The summed E-state index contributed by atoms with van der Waals surface area (Å²) < 4.78 is 28.0. The van der Waals surface area contributed by atoms with E-state index in [9.17, 15) is 13.2 Å². The Balaban J connectivity index is 1.83. The molecule has 0 atom stereocenters. The van der Waals surface area contributed by atoms with Gasteiger partial charge < -0.3 is 10.6 Å². The Bertz CT molecular complexity index is 894. The largest absolute Gasteiger partial charge is 0.335 e. The van der Waals surface area contributed by atoms with Gasteiger partial charge in [0.05, 0.1) is 11.4 Å². The lowest BCUT2D eigenvalue weighted by Gasteiger charge is -2.25. The lowest BCUT2D eigenvalue weighted by atomic mass is 9.96. The molecule has 7 heteroatoms. The van der Waals surface area contributed by atoms with E-state index in [0.29, 0.717) is 5.69 Å². The summed E-state index contributed by atoms with van der Waals surface area (Å²) in [4.78, 5) is 12.5. The molecule has 0 aliphatic heterocycles. The molecule has 28 heavy (non-hydrogen) atoms. The van der Waals surface area contributed by atoms with E-state index in [4.69, 9.17) is 0 Å². The van der Waals surface area contributed by atoms with Gasteiger partial charge in [-0.25, -0.2) is 13.2 Å². The predicted octanol–water partition coefficient (Wildman–Crippen LogP) is 4.36. The van der Waals surface area contributed by atoms with Crippen LogP contribution >= 0.6 is 0 Å². The molecule has 0 heterocycles. The van der Waals surface area contributed by atoms with Crippen molar-refractivity contribution in [1.29, 1.82) is 0 Å². The summed E-state index contributed by atoms with van der Waals surface area (Å²) in [7, 11) is -3.82. The fourth-order valence-electron chi connectivity index (χ4n) is 3.59. The van der Waals surface area contributed by atoms with Crippen molar-refractivity contribution in [2.24, 2.45) is 0 Å². The second-order valence-corrected chi connectivity index (χ2v) is 8.77. The SMILES string of the molecule is CCN(c1ccccc1)S(=O)(=O)c1ccccc1NC(=O)NC1CCCCC1. The maximum absolute atomic E-state index is 13.3. The van der Waals surface area contributed by atoms with Crippen LogP contribution in [0.25, 0.3) is 0 Å². The van der Waals surface area contributed by atoms with Crippen molar-refractivity contribution in [2.75, 3.05) is 16.2 Å². The number of benzene rings is 2. The number of carbonyl (C=O) groups excluding carboxylic acids is 1. The van der Waals surface area contributed by atoms with Crippen LogP contribution in [-0.4, -0.2) is 27.0 Å². The van der Waals surface area contributed by atoms with Crippen LogP contribution in [0.3, 0.4) is 0 Å². The summed E-state index contributed by atoms with van der Waals surface area (Å²) in [6.07, 6.45) is 5.35. The zero-order chi connectivity index (χ0) is 20.0. The van der Waals surface area contributed by atoms with Gasteiger partial charge in [0.2, 0.25) is 0 Å². The summed E-state index contributed by atoms with van der Waals surface area (Å²) in [5, 5.41) is 5.70. The third-order valence-corrected chi connectivity index (χ3v) is 6.94. The molecule has 0 bridgehead atoms. The van der Waals surface area contributed by atoms with Crippen LogP contribution in [0, 0.1) is 0 Å². The fourth-order valence-corrected chi connectivity index (χ4v) is 5.21. The predicted molar refractivity (Wildman–Crippen MR) is 112 cm³/mol. The highest BCUT2D eigenvalue weighted by Gasteiger charge is 2.27. The third-order valence-electron chi connectivity index (χ3n) is 4.98. The van der Waals surface area contributed by atoms with Gasteiger partial charge in [-0.1, -0.05) is 49.6 Å². The minimum atomic E-state index is -3.82. The first-order valence-electron chi connectivity index (χ1n) is 9.76. The molecule has 2 aromatic carbocycles. The van der Waals surface area contributed by atoms with Crippen molar-refractivity contribution >= 4 is 27.4 Å². The van der Waals surface area contributed by atoms with Gasteiger partial charge in [-0.05, 0) is 44.0 Å². The molecule has 2 aromatic rings. The molecule has 1 aliphatic carbocycles. The molecule has 0 aromatic heterocycles. The topological polar surface area (TPSA) is 78.5 Å². The maximum atomic E-state index is 13.3. The number of nitrogens with one attached hydrogen (secondary N) is 2. The van der Waals surface area contributed by atoms with Gasteiger partial charge in [0, 0.05) is 12.6 Å². The molecule has 1 saturated carbocycles. The Morgan fingerprint density at radius 1 is 1.00 bits per heavy atom. The molecule has 2 N–H and O–H groups in total. The second kappa shape index (κ2) is 9.10. The average Bonchev–Trinajstić information content (AvgIpc) is 2.70. The number of urea groups is 1. The van der Waals surface area contributed by atoms with Crippen molar-refractivity contribution < 1.29 is 13.2 Å². The highest BCUT2D eigenvalue weighted by atomic mass is 32.2. The van der Waals surface area contributed by atoms with Crippen LogP contribution < -0.4 is 14.9 Å². The first-order chi connectivity index (χ1) is 13.5. The number of carbonyl (C=O) groups is 1. The number of nitrogens with zero attached hydrogens (tertiary/aromatic N) is 1. The van der Waals surface area contributed by atoms with Crippen molar-refractivity contribution in [3.8, 4) is 0 Å². The summed E-state index contributed by atoms with van der Waals surface area (Å²) in [5.74, 6) is 0. The van der Waals surface area contributed by atoms with Gasteiger partial charge in [-0.15, -0.1) is 0 Å². The number of hydrogen-bond acceptors (Lipinski definition) is 3. The zero-order valence-corrected chi connectivity index (χ0v) is 16.9. The van der Waals surface area contributed by atoms with Crippen LogP contribution in [0.5, 0.6) is 0 Å². The number of anilines is 2. The molecule has 2 amide bonds. The van der Waals surface area contributed by atoms with Gasteiger partial charge >= 0.3 is 6.03 Å². The summed E-state index contributed by atoms with van der Waals surface area (Å²) in [6, 6.07) is 15.3. The Morgan fingerprint density at radius 3 is 2.32 bits per heavy atom. The first-order valence-corrected chi connectivity index (χ1v) is 11.2. The minimum Gasteiger partial charge on any atom is -0.335 e. The van der Waals surface area contributed by atoms with E-state index in [2.05, 4.69) is 10.6 Å². The van der Waals surface area contributed by atoms with Crippen molar-refractivity contribution in [3.63, 3.8) is 0 Å². The lowest BCUT2D eigenvalue weighted by molar-refractivity contribution is 0.244. The van der Waals surface area contributed by atoms with E-state index in [-0.39, 0.29) is 29.2 Å². The fraction of sp³-hybridized carbons (Fsp3) is 0.381. The average molecular weight is 402 g/mol. The number of hydrogen-bond donors (Lipinski definition) is 2. The summed E-state index contributed by atoms with van der Waals surface area (Å²) >= 11 is 0. The monoisotopic (exact) mass is 401 g/mol. The molecule has 0 radical (unpaired) electrons. The molecular weight excluding hydrogens is 374 g/mol. The highest BCUT2D eigenvalue weighted by molar-refractivity contribution is 7.93. The summed E-state index contributed by atoms with van der Waals surface area (Å²) in [6.45, 7) is 2.07. The van der Waals surface area contributed by atoms with Crippen molar-refractivity contribution in [2.45, 2.75) is 50.0 Å². The van der Waals surface area contributed by atoms with E-state index < -0.39 is 10.0 Å². The zero-order valence-electron chi connectivity index (χ0n) is 16.1. The molecule has 0 unspecified atom stereocenters. The van der Waals surface area contributed by atoms with Crippen LogP contribution in [-0.2, 0) is 10.0 Å². The highest BCUT2D eigenvalue weighted by Crippen LogP contribution is 2.28. The Hall–Kier alpha value is -2.54. The van der Waals surface area contributed by atoms with Gasteiger partial charge in [-0.3, -0.25) is 4.31 Å². The Kier molecular flexibility index (Phi) is 6.57. The van der Waals surface area contributed by atoms with Gasteiger partial charge in [-0.2, -0.15) is 0 Å². The molecule has 150 valence electrons. The minimum absolute atomic E-state index is 0.0829. The van der Waals surface area contributed by atoms with Gasteiger partial charge in [0.1, 0.15) is 4.90 Å².